The molecule has 0 radical (unpaired) electrons. The summed E-state index contributed by atoms with van der Waals surface area (Å²) in [4.78, 5) is 38.8. The number of thiophene rings is 1. The van der Waals surface area contributed by atoms with E-state index >= 15 is 0 Å². The van der Waals surface area contributed by atoms with E-state index in [1.54, 1.807) is 0 Å². The van der Waals surface area contributed by atoms with E-state index in [2.05, 4.69) is 10.3 Å². The first-order chi connectivity index (χ1) is 9.97. The predicted octanol–water partition coefficient (Wildman–Crippen LogP) is 0.930. The van der Waals surface area contributed by atoms with Crippen LogP contribution in [0.25, 0.3) is 9.88 Å². The van der Waals surface area contributed by atoms with E-state index < -0.39 is 30.2 Å². The molecule has 2 heterocycles. The Hall–Kier alpha value is -2.26. The Morgan fingerprint density at radius 3 is 2.71 bits per heavy atom. The van der Waals surface area contributed by atoms with Crippen molar-refractivity contribution in [2.45, 2.75) is 12.5 Å². The summed E-state index contributed by atoms with van der Waals surface area (Å²) in [6.07, 6.45) is -0.469. The lowest BCUT2D eigenvalue weighted by atomic mass is 10.2. The van der Waals surface area contributed by atoms with Crippen molar-refractivity contribution in [1.82, 2.24) is 10.3 Å². The van der Waals surface area contributed by atoms with Gasteiger partial charge in [-0.05, 0) is 11.4 Å². The van der Waals surface area contributed by atoms with E-state index in [1.165, 1.54) is 28.1 Å². The maximum Gasteiger partial charge on any atom is 0.326 e. The Bertz CT molecular complexity index is 666. The minimum atomic E-state index is -1.36. The molecule has 4 N–H and O–H groups in total. The van der Waals surface area contributed by atoms with Crippen LogP contribution < -0.4 is 11.1 Å². The van der Waals surface area contributed by atoms with E-state index in [9.17, 15) is 14.4 Å². The van der Waals surface area contributed by atoms with Crippen LogP contribution >= 0.6 is 22.7 Å². The molecule has 0 aliphatic rings. The van der Waals surface area contributed by atoms with Gasteiger partial charge in [0.25, 0.3) is 5.91 Å². The minimum absolute atomic E-state index is 0.110. The van der Waals surface area contributed by atoms with Gasteiger partial charge < -0.3 is 16.2 Å². The average Bonchev–Trinajstić information content (AvgIpc) is 3.08. The molecule has 0 saturated carbocycles. The summed E-state index contributed by atoms with van der Waals surface area (Å²) >= 11 is 2.77. The quantitative estimate of drug-likeness (QED) is 0.729. The average molecular weight is 325 g/mol. The van der Waals surface area contributed by atoms with Crippen LogP contribution in [0.4, 0.5) is 0 Å². The number of carbonyl (C=O) groups is 3. The lowest BCUT2D eigenvalue weighted by molar-refractivity contribution is -0.140. The number of nitrogens with one attached hydrogen (secondary N) is 1. The first kappa shape index (κ1) is 15.1. The van der Waals surface area contributed by atoms with Crippen LogP contribution in [-0.4, -0.2) is 33.9 Å². The van der Waals surface area contributed by atoms with Crippen LogP contribution in [0.1, 0.15) is 16.9 Å². The fourth-order valence-electron chi connectivity index (χ4n) is 1.52. The lowest BCUT2D eigenvalue weighted by Crippen LogP contribution is -2.43. The molecule has 0 saturated heterocycles. The van der Waals surface area contributed by atoms with E-state index in [0.717, 1.165) is 4.88 Å². The second kappa shape index (κ2) is 6.46. The standard InChI is InChI=1S/C12H11N3O4S2/c13-9(16)4-6(12(18)19)14-10(17)7-5-21-11(15-7)8-2-1-3-20-8/h1-3,5-6H,4H2,(H2,13,16)(H,14,17)(H,18,19). The van der Waals surface area contributed by atoms with Gasteiger partial charge in [-0.3, -0.25) is 9.59 Å². The molecule has 7 nitrogen and oxygen atoms in total. The minimum Gasteiger partial charge on any atom is -0.480 e. The number of thiazole rings is 1. The van der Waals surface area contributed by atoms with Crippen LogP contribution in [0.3, 0.4) is 0 Å². The van der Waals surface area contributed by atoms with E-state index in [1.807, 2.05) is 17.5 Å². The van der Waals surface area contributed by atoms with Crippen molar-refractivity contribution in [3.63, 3.8) is 0 Å². The van der Waals surface area contributed by atoms with Crippen molar-refractivity contribution in [2.24, 2.45) is 5.73 Å². The third-order valence-electron chi connectivity index (χ3n) is 2.48. The molecule has 0 aliphatic heterocycles. The summed E-state index contributed by atoms with van der Waals surface area (Å²) in [6, 6.07) is 2.38. The number of nitrogens with two attached hydrogens (primary N) is 1. The Labute approximate surface area is 127 Å². The Kier molecular flexibility index (Phi) is 4.66. The Morgan fingerprint density at radius 1 is 1.38 bits per heavy atom. The molecule has 1 unspecified atom stereocenters. The Balaban J connectivity index is 2.09. The molecule has 0 fully saturated rings. The van der Waals surface area contributed by atoms with Crippen LogP contribution in [-0.2, 0) is 9.59 Å². The molecule has 1 atom stereocenters. The molecule has 9 heteroatoms. The predicted molar refractivity (Wildman–Crippen MR) is 78.1 cm³/mol. The largest absolute Gasteiger partial charge is 0.480 e. The molecule has 0 aliphatic carbocycles. The van der Waals surface area contributed by atoms with Gasteiger partial charge in [0.05, 0.1) is 11.3 Å². The fourth-order valence-corrected chi connectivity index (χ4v) is 3.14. The molecular formula is C12H11N3O4S2. The van der Waals surface area contributed by atoms with Crippen molar-refractivity contribution in [3.05, 3.63) is 28.6 Å². The molecule has 0 aromatic carbocycles. The number of aromatic nitrogens is 1. The zero-order chi connectivity index (χ0) is 15.4. The summed E-state index contributed by atoms with van der Waals surface area (Å²) < 4.78 is 0. The lowest BCUT2D eigenvalue weighted by Gasteiger charge is -2.11. The van der Waals surface area contributed by atoms with E-state index in [4.69, 9.17) is 10.8 Å². The molecule has 0 bridgehead atoms. The SMILES string of the molecule is NC(=O)CC(NC(=O)c1csc(-c2cccs2)n1)C(=O)O. The van der Waals surface area contributed by atoms with Crippen molar-refractivity contribution in [1.29, 1.82) is 0 Å². The topological polar surface area (TPSA) is 122 Å². The number of rotatable bonds is 6. The second-order valence-electron chi connectivity index (χ2n) is 4.05. The highest BCUT2D eigenvalue weighted by Gasteiger charge is 2.24. The third-order valence-corrected chi connectivity index (χ3v) is 4.36. The Morgan fingerprint density at radius 2 is 2.14 bits per heavy atom. The second-order valence-corrected chi connectivity index (χ2v) is 5.86. The number of primary amides is 1. The molecule has 2 amide bonds. The molecule has 2 rings (SSSR count). The van der Waals surface area contributed by atoms with Gasteiger partial charge in [-0.1, -0.05) is 6.07 Å². The normalized spacial score (nSPS) is 11.8. The highest BCUT2D eigenvalue weighted by Crippen LogP contribution is 2.27. The van der Waals surface area contributed by atoms with Gasteiger partial charge in [-0.15, -0.1) is 22.7 Å². The summed E-state index contributed by atoms with van der Waals surface area (Å²) in [5, 5.41) is 15.3. The molecule has 110 valence electrons. The van der Waals surface area contributed by atoms with Gasteiger partial charge in [-0.25, -0.2) is 9.78 Å². The molecule has 0 spiro atoms. The maximum absolute atomic E-state index is 11.9. The number of carbonyl (C=O) groups excluding carboxylic acids is 2. The summed E-state index contributed by atoms with van der Waals surface area (Å²) in [5.74, 6) is -2.78. The highest BCUT2D eigenvalue weighted by molar-refractivity contribution is 7.20. The number of aliphatic carboxylic acids is 1. The number of nitrogens with zero attached hydrogens (tertiary/aromatic N) is 1. The molecular weight excluding hydrogens is 314 g/mol. The van der Waals surface area contributed by atoms with Crippen molar-refractivity contribution in [2.75, 3.05) is 0 Å². The number of carboxylic acids is 1. The van der Waals surface area contributed by atoms with Crippen molar-refractivity contribution >= 4 is 40.5 Å². The summed E-state index contributed by atoms with van der Waals surface area (Å²) in [7, 11) is 0. The van der Waals surface area contributed by atoms with Gasteiger partial charge in [0, 0.05) is 5.38 Å². The van der Waals surface area contributed by atoms with Crippen LogP contribution in [0.15, 0.2) is 22.9 Å². The third kappa shape index (κ3) is 3.86. The van der Waals surface area contributed by atoms with E-state index in [-0.39, 0.29) is 5.69 Å². The van der Waals surface area contributed by atoms with Crippen molar-refractivity contribution < 1.29 is 19.5 Å². The molecule has 2 aromatic rings. The van der Waals surface area contributed by atoms with Gasteiger partial charge in [0.15, 0.2) is 0 Å². The monoisotopic (exact) mass is 325 g/mol. The fraction of sp³-hybridized carbons (Fsp3) is 0.167. The summed E-state index contributed by atoms with van der Waals surface area (Å²) in [5.41, 5.74) is 5.06. The zero-order valence-corrected chi connectivity index (χ0v) is 12.2. The number of amides is 2. The molecule has 21 heavy (non-hydrogen) atoms. The molecule has 2 aromatic heterocycles. The van der Waals surface area contributed by atoms with Gasteiger partial charge in [-0.2, -0.15) is 0 Å². The van der Waals surface area contributed by atoms with Gasteiger partial charge in [0.2, 0.25) is 5.91 Å². The first-order valence-corrected chi connectivity index (χ1v) is 7.54. The highest BCUT2D eigenvalue weighted by atomic mass is 32.1. The number of hydrogen-bond acceptors (Lipinski definition) is 6. The van der Waals surface area contributed by atoms with Crippen molar-refractivity contribution in [3.8, 4) is 9.88 Å². The zero-order valence-electron chi connectivity index (χ0n) is 10.6. The van der Waals surface area contributed by atoms with Crippen LogP contribution in [0.2, 0.25) is 0 Å². The van der Waals surface area contributed by atoms with Gasteiger partial charge in [0.1, 0.15) is 16.7 Å². The van der Waals surface area contributed by atoms with Crippen LogP contribution in [0, 0.1) is 0 Å². The van der Waals surface area contributed by atoms with E-state index in [0.29, 0.717) is 5.01 Å². The number of carboxylic acid groups (broad SMARTS) is 1. The van der Waals surface area contributed by atoms with Crippen LogP contribution in [0.5, 0.6) is 0 Å². The maximum atomic E-state index is 11.9. The van der Waals surface area contributed by atoms with Gasteiger partial charge >= 0.3 is 5.97 Å². The summed E-state index contributed by atoms with van der Waals surface area (Å²) in [6.45, 7) is 0. The number of hydrogen-bond donors (Lipinski definition) is 3. The first-order valence-electron chi connectivity index (χ1n) is 5.78. The smallest absolute Gasteiger partial charge is 0.326 e.